The molecule has 0 N–H and O–H groups in total. The predicted octanol–water partition coefficient (Wildman–Crippen LogP) is 3.58. The van der Waals surface area contributed by atoms with Gasteiger partial charge in [-0.15, -0.1) is 0 Å². The molecule has 0 amide bonds. The Morgan fingerprint density at radius 1 is 1.33 bits per heavy atom. The smallest absolute Gasteiger partial charge is 0.119 e. The van der Waals surface area contributed by atoms with E-state index in [4.69, 9.17) is 4.74 Å². The normalized spacial score (nSPS) is 22.0. The molecule has 2 rings (SSSR count). The third-order valence-electron chi connectivity index (χ3n) is 3.66. The van der Waals surface area contributed by atoms with Gasteiger partial charge >= 0.3 is 0 Å². The Morgan fingerprint density at radius 2 is 2.11 bits per heavy atom. The molecular weight excluding hydrogens is 222 g/mol. The van der Waals surface area contributed by atoms with Crippen molar-refractivity contribution in [3.05, 3.63) is 30.3 Å². The second-order valence-electron chi connectivity index (χ2n) is 5.44. The molecule has 0 unspecified atom stereocenters. The summed E-state index contributed by atoms with van der Waals surface area (Å²) in [7, 11) is 0. The number of ether oxygens (including phenoxy) is 1. The van der Waals surface area contributed by atoms with E-state index in [0.29, 0.717) is 0 Å². The van der Waals surface area contributed by atoms with Crippen LogP contribution in [0.5, 0.6) is 5.75 Å². The molecule has 100 valence electrons. The fraction of sp³-hybridized carbons (Fsp3) is 0.625. The summed E-state index contributed by atoms with van der Waals surface area (Å²) in [5, 5.41) is 0. The molecular formula is C16H25NO. The minimum Gasteiger partial charge on any atom is -0.489 e. The summed E-state index contributed by atoms with van der Waals surface area (Å²) in [6, 6.07) is 10.1. The highest BCUT2D eigenvalue weighted by molar-refractivity contribution is 5.21. The van der Waals surface area contributed by atoms with Gasteiger partial charge in [-0.3, -0.25) is 4.90 Å². The van der Waals surface area contributed by atoms with Crippen LogP contribution in [0.15, 0.2) is 30.3 Å². The zero-order valence-electron chi connectivity index (χ0n) is 11.6. The van der Waals surface area contributed by atoms with E-state index >= 15 is 0 Å². The minimum atomic E-state index is 0.271. The monoisotopic (exact) mass is 247 g/mol. The Morgan fingerprint density at radius 3 is 2.83 bits per heavy atom. The number of hydrogen-bond acceptors (Lipinski definition) is 2. The quantitative estimate of drug-likeness (QED) is 0.762. The Labute approximate surface area is 111 Å². The van der Waals surface area contributed by atoms with E-state index in [9.17, 15) is 0 Å². The van der Waals surface area contributed by atoms with Crippen molar-refractivity contribution in [3.8, 4) is 5.75 Å². The summed E-state index contributed by atoms with van der Waals surface area (Å²) in [5.41, 5.74) is 0. The second-order valence-corrected chi connectivity index (χ2v) is 5.44. The molecule has 2 heteroatoms. The average Bonchev–Trinajstić information content (AvgIpc) is 2.78. The van der Waals surface area contributed by atoms with E-state index in [1.165, 1.54) is 32.4 Å². The van der Waals surface area contributed by atoms with Gasteiger partial charge in [-0.25, -0.2) is 0 Å². The van der Waals surface area contributed by atoms with Crippen LogP contribution in [0.2, 0.25) is 0 Å². The van der Waals surface area contributed by atoms with Gasteiger partial charge in [-0.2, -0.15) is 0 Å². The summed E-state index contributed by atoms with van der Waals surface area (Å²) in [6.45, 7) is 8.00. The van der Waals surface area contributed by atoms with E-state index in [1.807, 2.05) is 30.3 Å². The first-order valence-corrected chi connectivity index (χ1v) is 7.22. The highest BCUT2D eigenvalue weighted by atomic mass is 16.5. The molecule has 1 aromatic carbocycles. The van der Waals surface area contributed by atoms with Crippen molar-refractivity contribution in [2.75, 3.05) is 19.6 Å². The fourth-order valence-corrected chi connectivity index (χ4v) is 2.85. The van der Waals surface area contributed by atoms with Gasteiger partial charge in [0.05, 0.1) is 0 Å². The van der Waals surface area contributed by atoms with Gasteiger partial charge in [0, 0.05) is 13.1 Å². The van der Waals surface area contributed by atoms with E-state index in [-0.39, 0.29) is 6.10 Å². The van der Waals surface area contributed by atoms with Gasteiger partial charge in [-0.05, 0) is 44.4 Å². The van der Waals surface area contributed by atoms with Crippen molar-refractivity contribution < 1.29 is 4.74 Å². The average molecular weight is 247 g/mol. The molecule has 1 heterocycles. The summed E-state index contributed by atoms with van der Waals surface area (Å²) in [4.78, 5) is 2.55. The lowest BCUT2D eigenvalue weighted by molar-refractivity contribution is 0.159. The molecule has 0 aromatic heterocycles. The number of nitrogens with zero attached hydrogens (tertiary/aromatic N) is 1. The molecule has 0 saturated carbocycles. The van der Waals surface area contributed by atoms with Crippen LogP contribution in [-0.2, 0) is 0 Å². The summed E-state index contributed by atoms with van der Waals surface area (Å²) in [5.74, 6) is 1.90. The zero-order chi connectivity index (χ0) is 12.8. The maximum Gasteiger partial charge on any atom is 0.119 e. The predicted molar refractivity (Wildman–Crippen MR) is 76.0 cm³/mol. The number of rotatable bonds is 6. The largest absolute Gasteiger partial charge is 0.489 e. The van der Waals surface area contributed by atoms with Crippen molar-refractivity contribution in [3.63, 3.8) is 0 Å². The molecule has 1 saturated heterocycles. The van der Waals surface area contributed by atoms with Crippen LogP contribution < -0.4 is 4.74 Å². The Balaban J connectivity index is 1.73. The standard InChI is InChI=1S/C16H25NO/c1-3-7-15-10-11-17(13-15)12-14(2)18-16-8-5-4-6-9-16/h4-6,8-9,14-15H,3,7,10-13H2,1-2H3/t14-,15-/m1/s1. The topological polar surface area (TPSA) is 12.5 Å². The van der Waals surface area contributed by atoms with Crippen molar-refractivity contribution in [2.45, 2.75) is 39.2 Å². The highest BCUT2D eigenvalue weighted by Crippen LogP contribution is 2.21. The van der Waals surface area contributed by atoms with Crippen molar-refractivity contribution in [1.29, 1.82) is 0 Å². The third-order valence-corrected chi connectivity index (χ3v) is 3.66. The Hall–Kier alpha value is -1.02. The van der Waals surface area contributed by atoms with E-state index in [2.05, 4.69) is 18.7 Å². The molecule has 2 nitrogen and oxygen atoms in total. The van der Waals surface area contributed by atoms with Crippen LogP contribution in [-0.4, -0.2) is 30.6 Å². The second kappa shape index (κ2) is 6.79. The third kappa shape index (κ3) is 4.02. The van der Waals surface area contributed by atoms with Crippen LogP contribution in [0.1, 0.15) is 33.1 Å². The SMILES string of the molecule is CCC[C@@H]1CCN(C[C@@H](C)Oc2ccccc2)C1. The van der Waals surface area contributed by atoms with Gasteiger partial charge in [-0.1, -0.05) is 31.5 Å². The molecule has 0 radical (unpaired) electrons. The molecule has 18 heavy (non-hydrogen) atoms. The van der Waals surface area contributed by atoms with Gasteiger partial charge in [0.2, 0.25) is 0 Å². The van der Waals surface area contributed by atoms with Crippen molar-refractivity contribution in [1.82, 2.24) is 4.90 Å². The zero-order valence-corrected chi connectivity index (χ0v) is 11.6. The van der Waals surface area contributed by atoms with Crippen LogP contribution >= 0.6 is 0 Å². The van der Waals surface area contributed by atoms with E-state index in [1.54, 1.807) is 0 Å². The highest BCUT2D eigenvalue weighted by Gasteiger charge is 2.23. The summed E-state index contributed by atoms with van der Waals surface area (Å²) >= 11 is 0. The first kappa shape index (κ1) is 13.4. The summed E-state index contributed by atoms with van der Waals surface area (Å²) < 4.78 is 5.93. The lowest BCUT2D eigenvalue weighted by Gasteiger charge is -2.22. The molecule has 1 aliphatic heterocycles. The first-order chi connectivity index (χ1) is 8.78. The van der Waals surface area contributed by atoms with Crippen molar-refractivity contribution in [2.24, 2.45) is 5.92 Å². The van der Waals surface area contributed by atoms with Crippen LogP contribution in [0.4, 0.5) is 0 Å². The maximum atomic E-state index is 5.93. The van der Waals surface area contributed by atoms with Gasteiger partial charge in [0.1, 0.15) is 11.9 Å². The summed E-state index contributed by atoms with van der Waals surface area (Å²) in [6.07, 6.45) is 4.33. The Kier molecular flexibility index (Phi) is 5.06. The number of likely N-dealkylation sites (tertiary alicyclic amines) is 1. The van der Waals surface area contributed by atoms with E-state index in [0.717, 1.165) is 18.2 Å². The molecule has 1 aliphatic rings. The van der Waals surface area contributed by atoms with Crippen molar-refractivity contribution >= 4 is 0 Å². The minimum absolute atomic E-state index is 0.271. The molecule has 0 bridgehead atoms. The lowest BCUT2D eigenvalue weighted by atomic mass is 10.0. The first-order valence-electron chi connectivity index (χ1n) is 7.22. The van der Waals surface area contributed by atoms with Gasteiger partial charge in [0.25, 0.3) is 0 Å². The molecule has 1 aromatic rings. The van der Waals surface area contributed by atoms with Gasteiger partial charge in [0.15, 0.2) is 0 Å². The maximum absolute atomic E-state index is 5.93. The molecule has 2 atom stereocenters. The van der Waals surface area contributed by atoms with Gasteiger partial charge < -0.3 is 4.74 Å². The van der Waals surface area contributed by atoms with E-state index < -0.39 is 0 Å². The Bertz CT molecular complexity index is 338. The number of benzene rings is 1. The number of hydrogen-bond donors (Lipinski definition) is 0. The van der Waals surface area contributed by atoms with Crippen LogP contribution in [0.25, 0.3) is 0 Å². The van der Waals surface area contributed by atoms with Crippen LogP contribution in [0.3, 0.4) is 0 Å². The fourth-order valence-electron chi connectivity index (χ4n) is 2.85. The van der Waals surface area contributed by atoms with Crippen LogP contribution in [0, 0.1) is 5.92 Å². The number of para-hydroxylation sites is 1. The lowest BCUT2D eigenvalue weighted by Crippen LogP contribution is -2.32. The molecule has 0 spiro atoms. The molecule has 1 fully saturated rings. The molecule has 0 aliphatic carbocycles.